The quantitative estimate of drug-likeness (QED) is 0.322. The Morgan fingerprint density at radius 2 is 1.74 bits per heavy atom. The van der Waals surface area contributed by atoms with Crippen molar-refractivity contribution >= 4 is 52.5 Å². The van der Waals surface area contributed by atoms with Crippen LogP contribution in [0.3, 0.4) is 0 Å². The van der Waals surface area contributed by atoms with Crippen molar-refractivity contribution in [2.75, 3.05) is 4.90 Å². The van der Waals surface area contributed by atoms with E-state index in [2.05, 4.69) is 5.32 Å². The zero-order valence-corrected chi connectivity index (χ0v) is 20.5. The third kappa shape index (κ3) is 5.68. The molecule has 1 atom stereocenters. The van der Waals surface area contributed by atoms with E-state index in [1.807, 2.05) is 36.4 Å². The van der Waals surface area contributed by atoms with Gasteiger partial charge >= 0.3 is 0 Å². The van der Waals surface area contributed by atoms with Gasteiger partial charge in [-0.25, -0.2) is 4.39 Å². The molecule has 0 spiro atoms. The number of benzene rings is 3. The van der Waals surface area contributed by atoms with Gasteiger partial charge in [-0.3, -0.25) is 14.5 Å². The maximum atomic E-state index is 13.6. The largest absolute Gasteiger partial charge is 0.347 e. The van der Waals surface area contributed by atoms with Gasteiger partial charge in [0.2, 0.25) is 5.91 Å². The lowest BCUT2D eigenvalue weighted by Crippen LogP contribution is -2.32. The molecule has 0 aliphatic carbocycles. The van der Waals surface area contributed by atoms with Crippen molar-refractivity contribution in [3.8, 4) is 6.07 Å². The van der Waals surface area contributed by atoms with Crippen LogP contribution < -0.4 is 10.2 Å². The third-order valence-electron chi connectivity index (χ3n) is 5.29. The molecule has 0 saturated carbocycles. The molecule has 9 heteroatoms. The van der Waals surface area contributed by atoms with Gasteiger partial charge in [-0.15, -0.1) is 0 Å². The number of hydrogen-bond donors (Lipinski definition) is 1. The molecular weight excluding hydrogens is 508 g/mol. The first-order chi connectivity index (χ1) is 16.9. The van der Waals surface area contributed by atoms with E-state index in [-0.39, 0.29) is 23.1 Å². The topological polar surface area (TPSA) is 73.2 Å². The highest BCUT2D eigenvalue weighted by molar-refractivity contribution is 8.05. The normalized spacial score (nSPS) is 16.7. The molecule has 176 valence electrons. The SMILES string of the molecule is N#CC(C(=O)NCc1ccccc1)=C1SC(Cc2ccc(Cl)c(Cl)c2)C(=O)N1c1ccc(F)cc1. The van der Waals surface area contributed by atoms with E-state index in [0.717, 1.165) is 22.9 Å². The molecule has 1 fully saturated rings. The molecule has 1 unspecified atom stereocenters. The van der Waals surface area contributed by atoms with Crippen LogP contribution in [0.2, 0.25) is 10.0 Å². The first-order valence-electron chi connectivity index (χ1n) is 10.5. The summed E-state index contributed by atoms with van der Waals surface area (Å²) in [5.41, 5.74) is 1.81. The van der Waals surface area contributed by atoms with Crippen LogP contribution in [0.4, 0.5) is 10.1 Å². The summed E-state index contributed by atoms with van der Waals surface area (Å²) in [7, 11) is 0. The number of halogens is 3. The van der Waals surface area contributed by atoms with Crippen LogP contribution in [-0.4, -0.2) is 17.1 Å². The molecule has 3 aromatic rings. The van der Waals surface area contributed by atoms with E-state index in [0.29, 0.717) is 22.2 Å². The van der Waals surface area contributed by atoms with Gasteiger partial charge in [0.15, 0.2) is 0 Å². The molecule has 2 amide bonds. The molecule has 0 radical (unpaired) electrons. The molecular formula is C26H18Cl2FN3O2S. The Morgan fingerprint density at radius 3 is 2.40 bits per heavy atom. The van der Waals surface area contributed by atoms with Crippen LogP contribution in [0.5, 0.6) is 0 Å². The van der Waals surface area contributed by atoms with Gasteiger partial charge in [0.25, 0.3) is 5.91 Å². The second-order valence-corrected chi connectivity index (χ2v) is 9.68. The number of hydrogen-bond acceptors (Lipinski definition) is 4. The Kier molecular flexibility index (Phi) is 7.76. The maximum absolute atomic E-state index is 13.6. The Hall–Kier alpha value is -3.31. The third-order valence-corrected chi connectivity index (χ3v) is 7.29. The van der Waals surface area contributed by atoms with Crippen molar-refractivity contribution in [1.29, 1.82) is 5.26 Å². The lowest BCUT2D eigenvalue weighted by molar-refractivity contribution is -0.117. The number of nitrogens with zero attached hydrogens (tertiary/aromatic N) is 2. The summed E-state index contributed by atoms with van der Waals surface area (Å²) in [5.74, 6) is -1.40. The summed E-state index contributed by atoms with van der Waals surface area (Å²) in [5, 5.41) is 12.9. The molecule has 0 aromatic heterocycles. The smallest absolute Gasteiger partial charge is 0.264 e. The van der Waals surface area contributed by atoms with Gasteiger partial charge in [0, 0.05) is 12.2 Å². The summed E-state index contributed by atoms with van der Waals surface area (Å²) >= 11 is 13.2. The fourth-order valence-corrected chi connectivity index (χ4v) is 5.19. The van der Waals surface area contributed by atoms with Crippen molar-refractivity contribution < 1.29 is 14.0 Å². The molecule has 5 nitrogen and oxygen atoms in total. The molecule has 1 aliphatic heterocycles. The van der Waals surface area contributed by atoms with E-state index in [1.54, 1.807) is 18.2 Å². The number of nitrogens with one attached hydrogen (secondary N) is 1. The van der Waals surface area contributed by atoms with Gasteiger partial charge in [0.1, 0.15) is 22.5 Å². The molecule has 35 heavy (non-hydrogen) atoms. The van der Waals surface area contributed by atoms with Gasteiger partial charge in [-0.1, -0.05) is 71.4 Å². The lowest BCUT2D eigenvalue weighted by atomic mass is 10.1. The van der Waals surface area contributed by atoms with E-state index < -0.39 is 17.0 Å². The predicted octanol–water partition coefficient (Wildman–Crippen LogP) is 5.88. The average molecular weight is 526 g/mol. The van der Waals surface area contributed by atoms with Crippen LogP contribution in [0.1, 0.15) is 11.1 Å². The minimum Gasteiger partial charge on any atom is -0.347 e. The van der Waals surface area contributed by atoms with Crippen LogP contribution in [0.15, 0.2) is 83.4 Å². The number of carbonyl (C=O) groups is 2. The molecule has 0 bridgehead atoms. The minimum atomic E-state index is -0.627. The van der Waals surface area contributed by atoms with Crippen molar-refractivity contribution in [2.45, 2.75) is 18.2 Å². The summed E-state index contributed by atoms with van der Waals surface area (Å²) in [4.78, 5) is 27.7. The highest BCUT2D eigenvalue weighted by Crippen LogP contribution is 2.42. The standard InChI is InChI=1S/C26H18Cl2FN3O2S/c27-21-11-6-17(12-22(21)28)13-23-25(34)32(19-9-7-18(29)8-10-19)26(35-23)20(14-30)24(33)31-15-16-4-2-1-3-5-16/h1-12,23H,13,15H2,(H,31,33). The van der Waals surface area contributed by atoms with E-state index in [9.17, 15) is 19.2 Å². The zero-order valence-electron chi connectivity index (χ0n) is 18.2. The minimum absolute atomic E-state index is 0.194. The van der Waals surface area contributed by atoms with E-state index >= 15 is 0 Å². The number of carbonyl (C=O) groups excluding carboxylic acids is 2. The molecule has 4 rings (SSSR count). The number of thioether (sulfide) groups is 1. The Morgan fingerprint density at radius 1 is 1.03 bits per heavy atom. The predicted molar refractivity (Wildman–Crippen MR) is 136 cm³/mol. The van der Waals surface area contributed by atoms with Crippen LogP contribution in [-0.2, 0) is 22.6 Å². The monoisotopic (exact) mass is 525 g/mol. The second-order valence-electron chi connectivity index (χ2n) is 7.67. The fourth-order valence-electron chi connectivity index (χ4n) is 3.56. The Bertz CT molecular complexity index is 1340. The van der Waals surface area contributed by atoms with Crippen LogP contribution in [0, 0.1) is 17.1 Å². The van der Waals surface area contributed by atoms with E-state index in [1.165, 1.54) is 29.2 Å². The van der Waals surface area contributed by atoms with Crippen LogP contribution in [0.25, 0.3) is 0 Å². The van der Waals surface area contributed by atoms with Crippen molar-refractivity contribution in [3.05, 3.63) is 110 Å². The van der Waals surface area contributed by atoms with Gasteiger partial charge < -0.3 is 5.32 Å². The number of rotatable bonds is 6. The maximum Gasteiger partial charge on any atom is 0.264 e. The Labute approximate surface area is 216 Å². The van der Waals surface area contributed by atoms with Crippen molar-refractivity contribution in [2.24, 2.45) is 0 Å². The molecule has 1 aliphatic rings. The van der Waals surface area contributed by atoms with E-state index in [4.69, 9.17) is 23.2 Å². The summed E-state index contributed by atoms with van der Waals surface area (Å²) < 4.78 is 13.6. The highest BCUT2D eigenvalue weighted by atomic mass is 35.5. The van der Waals surface area contributed by atoms with Gasteiger partial charge in [-0.2, -0.15) is 5.26 Å². The number of amides is 2. The first kappa shape index (κ1) is 24.8. The highest BCUT2D eigenvalue weighted by Gasteiger charge is 2.40. The second kappa shape index (κ2) is 11.0. The zero-order chi connectivity index (χ0) is 24.9. The summed E-state index contributed by atoms with van der Waals surface area (Å²) in [6, 6.07) is 21.6. The first-order valence-corrected chi connectivity index (χ1v) is 12.2. The molecule has 1 saturated heterocycles. The van der Waals surface area contributed by atoms with Gasteiger partial charge in [0.05, 0.1) is 15.3 Å². The number of nitriles is 1. The molecule has 1 heterocycles. The lowest BCUT2D eigenvalue weighted by Gasteiger charge is -2.18. The molecule has 3 aromatic carbocycles. The molecule has 1 N–H and O–H groups in total. The van der Waals surface area contributed by atoms with Gasteiger partial charge in [-0.05, 0) is 53.9 Å². The van der Waals surface area contributed by atoms with Crippen LogP contribution >= 0.6 is 35.0 Å². The average Bonchev–Trinajstić information content (AvgIpc) is 3.17. The Balaban J connectivity index is 1.67. The summed E-state index contributed by atoms with van der Waals surface area (Å²) in [6.07, 6.45) is 0.298. The summed E-state index contributed by atoms with van der Waals surface area (Å²) in [6.45, 7) is 0.222. The fraction of sp³-hybridized carbons (Fsp3) is 0.115. The van der Waals surface area contributed by atoms with Crippen molar-refractivity contribution in [3.63, 3.8) is 0 Å². The number of anilines is 1. The van der Waals surface area contributed by atoms with Crippen molar-refractivity contribution in [1.82, 2.24) is 5.32 Å².